The molecule has 0 saturated heterocycles. The molecule has 3 nitrogen and oxygen atoms in total. The van der Waals surface area contributed by atoms with Crippen LogP contribution in [-0.2, 0) is 4.74 Å². The molecular weight excluding hydrogens is 635 g/mol. The van der Waals surface area contributed by atoms with Crippen LogP contribution in [0.5, 0.6) is 0 Å². The predicted octanol–water partition coefficient (Wildman–Crippen LogP) is 17.3. The first-order valence-electron chi connectivity index (χ1n) is 23.7. The van der Waals surface area contributed by atoms with Crippen LogP contribution in [0.3, 0.4) is 0 Å². The summed E-state index contributed by atoms with van der Waals surface area (Å²) in [6.07, 6.45) is 54.5. The number of ether oxygens (including phenoxy) is 1. The zero-order valence-electron chi connectivity index (χ0n) is 35.8. The summed E-state index contributed by atoms with van der Waals surface area (Å²) >= 11 is 0. The van der Waals surface area contributed by atoms with Crippen LogP contribution in [0.2, 0.25) is 0 Å². The number of carbonyl (C=O) groups excluding carboxylic acids is 1. The molecule has 1 aromatic rings. The third-order valence-electron chi connectivity index (χ3n) is 10.9. The van der Waals surface area contributed by atoms with E-state index in [1.165, 1.54) is 231 Å². The molecule has 0 amide bonds. The maximum atomic E-state index is 11.7. The smallest absolute Gasteiger partial charge is 0.340 e. The Morgan fingerprint density at radius 1 is 0.385 bits per heavy atom. The van der Waals surface area contributed by atoms with Gasteiger partial charge in [0.25, 0.3) is 0 Å². The average molecular weight is 728 g/mol. The van der Waals surface area contributed by atoms with Crippen molar-refractivity contribution in [3.05, 3.63) is 29.8 Å². The Bertz CT molecular complexity index is 791. The van der Waals surface area contributed by atoms with Crippen molar-refractivity contribution in [2.24, 2.45) is 0 Å². The highest BCUT2D eigenvalue weighted by atomic mass is 16.5. The van der Waals surface area contributed by atoms with Gasteiger partial charge in [-0.1, -0.05) is 270 Å². The van der Waals surface area contributed by atoms with Gasteiger partial charge in [-0.15, -0.1) is 0 Å². The summed E-state index contributed by atoms with van der Waals surface area (Å²) in [6, 6.07) is 7.00. The van der Waals surface area contributed by atoms with E-state index in [1.807, 2.05) is 0 Å². The second-order valence-corrected chi connectivity index (χ2v) is 16.1. The Labute approximate surface area is 327 Å². The van der Waals surface area contributed by atoms with Gasteiger partial charge in [0.1, 0.15) is 0 Å². The SMILES string of the molecule is CCCCCCCCCCCCCCCCCCCCCCCCCCCCCCCCCC.CCCCCCCCOC(=O)c1ccccc1N. The third-order valence-corrected chi connectivity index (χ3v) is 10.9. The molecule has 0 radical (unpaired) electrons. The van der Waals surface area contributed by atoms with Crippen LogP contribution >= 0.6 is 0 Å². The van der Waals surface area contributed by atoms with Crippen LogP contribution in [0.15, 0.2) is 24.3 Å². The number of anilines is 1. The number of hydrogen-bond acceptors (Lipinski definition) is 3. The molecule has 2 N–H and O–H groups in total. The van der Waals surface area contributed by atoms with Crippen LogP contribution in [0.4, 0.5) is 5.69 Å². The monoisotopic (exact) mass is 728 g/mol. The lowest BCUT2D eigenvalue weighted by molar-refractivity contribution is 0.0499. The number of rotatable bonds is 39. The largest absolute Gasteiger partial charge is 0.462 e. The van der Waals surface area contributed by atoms with Crippen molar-refractivity contribution in [3.8, 4) is 0 Å². The number of para-hydroxylation sites is 1. The minimum Gasteiger partial charge on any atom is -0.462 e. The van der Waals surface area contributed by atoms with Crippen molar-refractivity contribution in [2.75, 3.05) is 12.3 Å². The summed E-state index contributed by atoms with van der Waals surface area (Å²) < 4.78 is 5.20. The molecule has 0 spiro atoms. The first-order chi connectivity index (χ1) is 25.7. The minimum absolute atomic E-state index is 0.318. The molecule has 0 aliphatic rings. The van der Waals surface area contributed by atoms with Gasteiger partial charge in [-0.3, -0.25) is 0 Å². The molecule has 0 bridgehead atoms. The maximum Gasteiger partial charge on any atom is 0.340 e. The molecule has 0 aliphatic heterocycles. The summed E-state index contributed by atoms with van der Waals surface area (Å²) in [7, 11) is 0. The van der Waals surface area contributed by atoms with Crippen LogP contribution < -0.4 is 5.73 Å². The highest BCUT2D eigenvalue weighted by Gasteiger charge is 2.09. The van der Waals surface area contributed by atoms with Gasteiger partial charge in [-0.25, -0.2) is 4.79 Å². The number of benzene rings is 1. The predicted molar refractivity (Wildman–Crippen MR) is 234 cm³/mol. The second-order valence-electron chi connectivity index (χ2n) is 16.1. The zero-order chi connectivity index (χ0) is 37.8. The summed E-state index contributed by atoms with van der Waals surface area (Å²) in [5.74, 6) is -0.318. The number of unbranched alkanes of at least 4 members (excludes halogenated alkanes) is 36. The van der Waals surface area contributed by atoms with Crippen molar-refractivity contribution in [2.45, 2.75) is 265 Å². The molecule has 0 unspecified atom stereocenters. The standard InChI is InChI=1S/C34H70.C15H23NO2/c1-3-5-7-9-11-13-15-17-19-21-23-25-27-29-31-33-34-32-30-28-26-24-22-20-18-16-14-12-10-8-6-4-2;1-2-3-4-5-6-9-12-18-15(17)13-10-7-8-11-14(13)16/h3-34H2,1-2H3;7-8,10-11H,2-6,9,12,16H2,1H3. The van der Waals surface area contributed by atoms with E-state index < -0.39 is 0 Å². The lowest BCUT2D eigenvalue weighted by Gasteiger charge is -2.06. The van der Waals surface area contributed by atoms with E-state index in [4.69, 9.17) is 10.5 Å². The van der Waals surface area contributed by atoms with Crippen molar-refractivity contribution >= 4 is 11.7 Å². The summed E-state index contributed by atoms with van der Waals surface area (Å²) in [5, 5.41) is 0. The molecule has 0 saturated carbocycles. The highest BCUT2D eigenvalue weighted by Crippen LogP contribution is 2.17. The van der Waals surface area contributed by atoms with E-state index >= 15 is 0 Å². The van der Waals surface area contributed by atoms with Gasteiger partial charge in [0, 0.05) is 5.69 Å². The molecular formula is C49H93NO2. The number of nitrogens with two attached hydrogens (primary N) is 1. The zero-order valence-corrected chi connectivity index (χ0v) is 35.8. The molecule has 52 heavy (non-hydrogen) atoms. The fourth-order valence-electron chi connectivity index (χ4n) is 7.26. The molecule has 0 atom stereocenters. The van der Waals surface area contributed by atoms with Crippen LogP contribution in [-0.4, -0.2) is 12.6 Å². The lowest BCUT2D eigenvalue weighted by atomic mass is 10.0. The Morgan fingerprint density at radius 2 is 0.615 bits per heavy atom. The molecule has 0 aliphatic carbocycles. The molecule has 1 aromatic carbocycles. The Kier molecular flexibility index (Phi) is 42.6. The van der Waals surface area contributed by atoms with E-state index in [9.17, 15) is 4.79 Å². The lowest BCUT2D eigenvalue weighted by Crippen LogP contribution is -2.09. The fraction of sp³-hybridized carbons (Fsp3) is 0.857. The van der Waals surface area contributed by atoms with E-state index in [2.05, 4.69) is 20.8 Å². The molecule has 1 rings (SSSR count). The van der Waals surface area contributed by atoms with E-state index in [1.54, 1.807) is 24.3 Å². The Hall–Kier alpha value is -1.51. The maximum absolute atomic E-state index is 11.7. The average Bonchev–Trinajstić information content (AvgIpc) is 3.15. The van der Waals surface area contributed by atoms with Gasteiger partial charge < -0.3 is 10.5 Å². The normalized spacial score (nSPS) is 11.1. The van der Waals surface area contributed by atoms with Gasteiger partial charge in [0.15, 0.2) is 0 Å². The summed E-state index contributed by atoms with van der Waals surface area (Å²) in [5.41, 5.74) is 6.64. The molecule has 0 heterocycles. The van der Waals surface area contributed by atoms with Crippen LogP contribution in [0, 0.1) is 0 Å². The van der Waals surface area contributed by atoms with Gasteiger partial charge in [0.05, 0.1) is 12.2 Å². The Balaban J connectivity index is 0.00000120. The van der Waals surface area contributed by atoms with Gasteiger partial charge in [-0.05, 0) is 18.6 Å². The molecule has 3 heteroatoms. The first kappa shape index (κ1) is 50.5. The molecule has 306 valence electrons. The van der Waals surface area contributed by atoms with Crippen molar-refractivity contribution in [3.63, 3.8) is 0 Å². The van der Waals surface area contributed by atoms with Crippen LogP contribution in [0.1, 0.15) is 275 Å². The first-order valence-corrected chi connectivity index (χ1v) is 23.7. The summed E-state index contributed by atoms with van der Waals surface area (Å²) in [4.78, 5) is 11.7. The van der Waals surface area contributed by atoms with E-state index in [0.717, 1.165) is 12.8 Å². The third kappa shape index (κ3) is 38.2. The Morgan fingerprint density at radius 3 is 0.865 bits per heavy atom. The number of esters is 1. The van der Waals surface area contributed by atoms with E-state index in [0.29, 0.717) is 17.9 Å². The van der Waals surface area contributed by atoms with Crippen molar-refractivity contribution in [1.82, 2.24) is 0 Å². The summed E-state index contributed by atoms with van der Waals surface area (Å²) in [6.45, 7) is 7.30. The molecule has 0 aromatic heterocycles. The van der Waals surface area contributed by atoms with Crippen LogP contribution in [0.25, 0.3) is 0 Å². The van der Waals surface area contributed by atoms with E-state index in [-0.39, 0.29) is 5.97 Å². The number of carbonyl (C=O) groups is 1. The van der Waals surface area contributed by atoms with Crippen molar-refractivity contribution in [1.29, 1.82) is 0 Å². The molecule has 0 fully saturated rings. The van der Waals surface area contributed by atoms with Crippen molar-refractivity contribution < 1.29 is 9.53 Å². The van der Waals surface area contributed by atoms with Gasteiger partial charge in [0.2, 0.25) is 0 Å². The van der Waals surface area contributed by atoms with Gasteiger partial charge in [-0.2, -0.15) is 0 Å². The highest BCUT2D eigenvalue weighted by molar-refractivity contribution is 5.94. The topological polar surface area (TPSA) is 52.3 Å². The number of hydrogen-bond donors (Lipinski definition) is 1. The quantitative estimate of drug-likeness (QED) is 0.0417. The van der Waals surface area contributed by atoms with Gasteiger partial charge >= 0.3 is 5.97 Å². The number of nitrogen functional groups attached to an aromatic ring is 1. The second kappa shape index (κ2) is 43.9. The fourth-order valence-corrected chi connectivity index (χ4v) is 7.26. The minimum atomic E-state index is -0.318.